The lowest BCUT2D eigenvalue weighted by Crippen LogP contribution is -2.60. The summed E-state index contributed by atoms with van der Waals surface area (Å²) in [7, 11) is 4.49. The van der Waals surface area contributed by atoms with Gasteiger partial charge in [-0.05, 0) is 22.9 Å². The number of ether oxygens (including phenoxy) is 2. The summed E-state index contributed by atoms with van der Waals surface area (Å²) >= 11 is 2.74. The fraction of sp³-hybridized carbons (Fsp3) is 0.526. The van der Waals surface area contributed by atoms with Gasteiger partial charge in [-0.15, -0.1) is 39.7 Å². The average molecular weight is 473 g/mol. The van der Waals surface area contributed by atoms with Crippen LogP contribution in [-0.2, 0) is 19.9 Å². The van der Waals surface area contributed by atoms with Gasteiger partial charge in [-0.25, -0.2) is 4.79 Å². The van der Waals surface area contributed by atoms with Gasteiger partial charge in [-0.3, -0.25) is 0 Å². The van der Waals surface area contributed by atoms with Gasteiger partial charge in [0.1, 0.15) is 30.4 Å². The molecule has 0 amide bonds. The van der Waals surface area contributed by atoms with Gasteiger partial charge in [0.05, 0.1) is 23.8 Å². The molecule has 0 radical (unpaired) electrons. The predicted octanol–water partition coefficient (Wildman–Crippen LogP) is 2.92. The van der Waals surface area contributed by atoms with Gasteiger partial charge >= 0.3 is 5.97 Å². The molecule has 2 aromatic rings. The number of halogens is 1. The molecule has 5 atom stereocenters. The van der Waals surface area contributed by atoms with E-state index in [1.54, 1.807) is 12.1 Å². The molecule has 0 spiro atoms. The van der Waals surface area contributed by atoms with Crippen LogP contribution in [0.3, 0.4) is 0 Å². The second-order valence-corrected chi connectivity index (χ2v) is 9.89. The Hall–Kier alpha value is -0.770. The summed E-state index contributed by atoms with van der Waals surface area (Å²) in [5.41, 5.74) is -1.72. The predicted molar refractivity (Wildman–Crippen MR) is 109 cm³/mol. The van der Waals surface area contributed by atoms with Crippen LogP contribution in [0.2, 0.25) is 0 Å². The van der Waals surface area contributed by atoms with Crippen molar-refractivity contribution >= 4 is 45.6 Å². The molecule has 8 heteroatoms. The van der Waals surface area contributed by atoms with Crippen molar-refractivity contribution in [3.05, 3.63) is 44.8 Å². The normalized spacial score (nSPS) is 33.1. The van der Waals surface area contributed by atoms with Crippen molar-refractivity contribution in [2.75, 3.05) is 14.1 Å². The first-order valence-corrected chi connectivity index (χ1v) is 10.7. The largest absolute Gasteiger partial charge is 0.459 e. The van der Waals surface area contributed by atoms with Crippen molar-refractivity contribution in [2.45, 2.75) is 48.8 Å². The molecular weight excluding hydrogens is 450 g/mol. The molecule has 2 unspecified atom stereocenters. The van der Waals surface area contributed by atoms with Gasteiger partial charge in [0.2, 0.25) is 5.60 Å². The number of piperidine rings is 1. The fourth-order valence-electron chi connectivity index (χ4n) is 4.83. The highest BCUT2D eigenvalue weighted by atomic mass is 79.9. The number of thiophene rings is 2. The van der Waals surface area contributed by atoms with E-state index < -0.39 is 11.6 Å². The number of carbonyl (C=O) groups excluding carboxylic acids is 1. The van der Waals surface area contributed by atoms with Gasteiger partial charge in [-0.1, -0.05) is 12.1 Å². The lowest BCUT2D eigenvalue weighted by molar-refractivity contribution is -0.938. The molecule has 3 aliphatic rings. The Morgan fingerprint density at radius 3 is 2.11 bits per heavy atom. The van der Waals surface area contributed by atoms with E-state index in [1.807, 2.05) is 22.9 Å². The molecule has 27 heavy (non-hydrogen) atoms. The van der Waals surface area contributed by atoms with Crippen LogP contribution < -0.4 is 0 Å². The van der Waals surface area contributed by atoms with Crippen LogP contribution in [0.1, 0.15) is 22.6 Å². The van der Waals surface area contributed by atoms with Gasteiger partial charge in [0, 0.05) is 12.8 Å². The lowest BCUT2D eigenvalue weighted by Gasteiger charge is -2.45. The maximum atomic E-state index is 13.1. The number of morpholine rings is 1. The van der Waals surface area contributed by atoms with Gasteiger partial charge in [0.15, 0.2) is 0 Å². The first-order chi connectivity index (χ1) is 12.4. The zero-order valence-electron chi connectivity index (χ0n) is 15.1. The zero-order chi connectivity index (χ0) is 18.1. The molecule has 0 aromatic carbocycles. The fourth-order valence-corrected chi connectivity index (χ4v) is 6.54. The highest BCUT2D eigenvalue weighted by Gasteiger charge is 2.71. The smallest absolute Gasteiger partial charge is 0.349 e. The number of nitrogens with zero attached hydrogens (tertiary/aromatic N) is 1. The van der Waals surface area contributed by atoms with Crippen LogP contribution in [0.25, 0.3) is 0 Å². The van der Waals surface area contributed by atoms with Crippen LogP contribution >= 0.6 is 39.7 Å². The number of rotatable bonds is 4. The third-order valence-corrected chi connectivity index (χ3v) is 8.32. The third-order valence-electron chi connectivity index (χ3n) is 6.36. The van der Waals surface area contributed by atoms with E-state index in [1.165, 1.54) is 22.7 Å². The molecule has 146 valence electrons. The number of epoxide rings is 1. The van der Waals surface area contributed by atoms with Gasteiger partial charge in [0.25, 0.3) is 0 Å². The van der Waals surface area contributed by atoms with Gasteiger partial charge < -0.3 is 19.1 Å². The summed E-state index contributed by atoms with van der Waals surface area (Å²) < 4.78 is 12.6. The number of carbonyl (C=O) groups is 1. The van der Waals surface area contributed by atoms with Crippen molar-refractivity contribution < 1.29 is 23.9 Å². The van der Waals surface area contributed by atoms with E-state index in [0.29, 0.717) is 34.0 Å². The topological polar surface area (TPSA) is 59.1 Å². The molecular formula is C19H23BrNO4S2+. The van der Waals surface area contributed by atoms with Crippen molar-refractivity contribution in [2.24, 2.45) is 0 Å². The van der Waals surface area contributed by atoms with Crippen molar-refractivity contribution in [3.63, 3.8) is 0 Å². The van der Waals surface area contributed by atoms with Crippen LogP contribution in [0, 0.1) is 0 Å². The molecule has 5 rings (SSSR count). The first kappa shape index (κ1) is 19.5. The monoisotopic (exact) mass is 472 g/mol. The Balaban J connectivity index is 0.00000180. The minimum absolute atomic E-state index is 0. The molecule has 0 saturated carbocycles. The zero-order valence-corrected chi connectivity index (χ0v) is 18.5. The molecule has 3 aliphatic heterocycles. The third kappa shape index (κ3) is 2.84. The Morgan fingerprint density at radius 2 is 1.67 bits per heavy atom. The minimum atomic E-state index is -1.72. The van der Waals surface area contributed by atoms with Crippen molar-refractivity contribution in [1.29, 1.82) is 0 Å². The molecule has 2 aromatic heterocycles. The standard InChI is InChI=1S/C19H22NO4S2.BrH/c1-20(2)12-9-11(10-13(20)17-16(12)24-17)23-18(21)19(22,14-5-3-7-25-14)15-6-4-8-26-15;/h3-8,11-13,16-17,22H,9-10H2,1-2H3;1H/q+1;/t11?,12-,13?,16-,17+;/m1./s1. The van der Waals surface area contributed by atoms with E-state index >= 15 is 0 Å². The van der Waals surface area contributed by atoms with Crippen molar-refractivity contribution in [1.82, 2.24) is 0 Å². The summed E-state index contributed by atoms with van der Waals surface area (Å²) in [6, 6.07) is 8.01. The maximum absolute atomic E-state index is 13.1. The highest BCUT2D eigenvalue weighted by molar-refractivity contribution is 8.93. The maximum Gasteiger partial charge on any atom is 0.349 e. The van der Waals surface area contributed by atoms with Crippen molar-refractivity contribution in [3.8, 4) is 0 Å². The molecule has 0 aliphatic carbocycles. The number of aliphatic hydroxyl groups is 1. The number of fused-ring (bicyclic) bond motifs is 5. The summed E-state index contributed by atoms with van der Waals surface area (Å²) in [6.07, 6.45) is 2.05. The number of hydrogen-bond acceptors (Lipinski definition) is 6. The number of hydrogen-bond donors (Lipinski definition) is 1. The Labute approximate surface area is 176 Å². The van der Waals surface area contributed by atoms with Gasteiger partial charge in [-0.2, -0.15) is 0 Å². The van der Waals surface area contributed by atoms with Crippen LogP contribution in [0.5, 0.6) is 0 Å². The molecule has 2 bridgehead atoms. The molecule has 3 fully saturated rings. The lowest BCUT2D eigenvalue weighted by atomic mass is 9.95. The van der Waals surface area contributed by atoms with E-state index in [0.717, 1.165) is 17.3 Å². The number of quaternary nitrogens is 1. The highest BCUT2D eigenvalue weighted by Crippen LogP contribution is 2.52. The molecule has 3 saturated heterocycles. The SMILES string of the molecule is Br.C[N+]1(C)C2CC(OC(=O)C(O)(c3cccs3)c3cccs3)C[C@@H]1[C@H]1O[C@@H]21. The summed E-state index contributed by atoms with van der Waals surface area (Å²) in [6.45, 7) is 0. The summed E-state index contributed by atoms with van der Waals surface area (Å²) in [5, 5.41) is 15.1. The molecule has 5 nitrogen and oxygen atoms in total. The average Bonchev–Trinajstić information content (AvgIpc) is 2.98. The number of likely N-dealkylation sites (N-methyl/N-ethyl adjacent to an activating group) is 1. The summed E-state index contributed by atoms with van der Waals surface area (Å²) in [5.74, 6) is -0.561. The van der Waals surface area contributed by atoms with E-state index in [9.17, 15) is 9.90 Å². The molecule has 5 heterocycles. The van der Waals surface area contributed by atoms with E-state index in [-0.39, 0.29) is 23.1 Å². The Kier molecular flexibility index (Phi) is 4.81. The summed E-state index contributed by atoms with van der Waals surface area (Å²) in [4.78, 5) is 14.3. The quantitative estimate of drug-likeness (QED) is 0.422. The second kappa shape index (κ2) is 6.64. The first-order valence-electron chi connectivity index (χ1n) is 8.92. The Morgan fingerprint density at radius 1 is 1.15 bits per heavy atom. The van der Waals surface area contributed by atoms with Crippen LogP contribution in [-0.4, -0.2) is 60.0 Å². The van der Waals surface area contributed by atoms with E-state index in [4.69, 9.17) is 9.47 Å². The number of esters is 1. The molecule has 1 N–H and O–H groups in total. The minimum Gasteiger partial charge on any atom is -0.459 e. The van der Waals surface area contributed by atoms with Crippen LogP contribution in [0.4, 0.5) is 0 Å². The van der Waals surface area contributed by atoms with Crippen LogP contribution in [0.15, 0.2) is 35.0 Å². The Bertz CT molecular complexity index is 769. The van der Waals surface area contributed by atoms with E-state index in [2.05, 4.69) is 14.1 Å². The second-order valence-electron chi connectivity index (χ2n) is 7.99.